The Morgan fingerprint density at radius 2 is 1.55 bits per heavy atom. The van der Waals surface area contributed by atoms with Crippen LogP contribution in [0.3, 0.4) is 0 Å². The molecule has 0 unspecified atom stereocenters. The number of hydrogen-bond donors (Lipinski definition) is 1. The molecule has 2 amide bonds. The second kappa shape index (κ2) is 14.9. The summed E-state index contributed by atoms with van der Waals surface area (Å²) >= 11 is 6.42. The number of hydrogen-bond acceptors (Lipinski definition) is 5. The van der Waals surface area contributed by atoms with Gasteiger partial charge in [0.1, 0.15) is 18.3 Å². The Balaban J connectivity index is 1.82. The number of aryl methyl sites for hydroxylation is 1. The summed E-state index contributed by atoms with van der Waals surface area (Å²) in [5.74, 6) is -0.519. The SMILES string of the molecule is CCNC(=O)[C@H](Cc1ccccc1)N(Cc1ccccc1C)C(=O)CN(c1ccc(OC)c(Cl)c1)S(=O)(=O)c1ccccc1. The lowest BCUT2D eigenvalue weighted by Crippen LogP contribution is -2.53. The number of amides is 2. The van der Waals surface area contributed by atoms with E-state index in [-0.39, 0.29) is 34.5 Å². The van der Waals surface area contributed by atoms with Crippen molar-refractivity contribution in [2.75, 3.05) is 24.5 Å². The van der Waals surface area contributed by atoms with Gasteiger partial charge in [0.2, 0.25) is 11.8 Å². The molecule has 0 bridgehead atoms. The second-order valence-corrected chi connectivity index (χ2v) is 12.5. The van der Waals surface area contributed by atoms with Crippen LogP contribution in [0.1, 0.15) is 23.6 Å². The molecule has 0 aliphatic rings. The Bertz CT molecular complexity index is 1680. The molecule has 0 fully saturated rings. The number of anilines is 1. The summed E-state index contributed by atoms with van der Waals surface area (Å²) in [5, 5.41) is 3.05. The van der Waals surface area contributed by atoms with Crippen LogP contribution in [-0.2, 0) is 32.6 Å². The Kier molecular flexibility index (Phi) is 11.0. The van der Waals surface area contributed by atoms with Gasteiger partial charge in [0, 0.05) is 19.5 Å². The summed E-state index contributed by atoms with van der Waals surface area (Å²) in [7, 11) is -2.77. The molecule has 230 valence electrons. The third-order valence-electron chi connectivity index (χ3n) is 7.26. The number of nitrogens with one attached hydrogen (secondary N) is 1. The van der Waals surface area contributed by atoms with Gasteiger partial charge in [-0.2, -0.15) is 0 Å². The zero-order valence-corrected chi connectivity index (χ0v) is 26.5. The van der Waals surface area contributed by atoms with Gasteiger partial charge in [0.15, 0.2) is 0 Å². The van der Waals surface area contributed by atoms with Crippen LogP contribution in [0.4, 0.5) is 5.69 Å². The van der Waals surface area contributed by atoms with Crippen molar-refractivity contribution in [3.63, 3.8) is 0 Å². The summed E-state index contributed by atoms with van der Waals surface area (Å²) in [6, 6.07) is 28.5. The fourth-order valence-electron chi connectivity index (χ4n) is 4.88. The molecule has 4 aromatic rings. The lowest BCUT2D eigenvalue weighted by Gasteiger charge is -2.34. The Morgan fingerprint density at radius 3 is 2.16 bits per heavy atom. The number of benzene rings is 4. The maximum absolute atomic E-state index is 14.5. The maximum Gasteiger partial charge on any atom is 0.264 e. The van der Waals surface area contributed by atoms with Crippen LogP contribution in [0.2, 0.25) is 5.02 Å². The van der Waals surface area contributed by atoms with Crippen molar-refractivity contribution in [3.05, 3.63) is 125 Å². The Hall–Kier alpha value is -4.34. The molecular formula is C34H36ClN3O5S. The van der Waals surface area contributed by atoms with Gasteiger partial charge < -0.3 is 15.0 Å². The van der Waals surface area contributed by atoms with E-state index in [0.717, 1.165) is 21.0 Å². The highest BCUT2D eigenvalue weighted by atomic mass is 35.5. The van der Waals surface area contributed by atoms with E-state index >= 15 is 0 Å². The molecule has 0 radical (unpaired) electrons. The van der Waals surface area contributed by atoms with E-state index in [2.05, 4.69) is 5.32 Å². The Morgan fingerprint density at radius 1 is 0.909 bits per heavy atom. The number of nitrogens with zero attached hydrogens (tertiary/aromatic N) is 2. The summed E-state index contributed by atoms with van der Waals surface area (Å²) in [5.41, 5.74) is 2.83. The van der Waals surface area contributed by atoms with Crippen molar-refractivity contribution in [3.8, 4) is 5.75 Å². The molecular weight excluding hydrogens is 598 g/mol. The zero-order chi connectivity index (χ0) is 31.7. The van der Waals surface area contributed by atoms with Crippen LogP contribution < -0.4 is 14.4 Å². The molecule has 0 saturated carbocycles. The van der Waals surface area contributed by atoms with Gasteiger partial charge in [0.25, 0.3) is 10.0 Å². The van der Waals surface area contributed by atoms with Crippen molar-refractivity contribution in [1.29, 1.82) is 0 Å². The van der Waals surface area contributed by atoms with Crippen molar-refractivity contribution >= 4 is 39.1 Å². The van der Waals surface area contributed by atoms with E-state index in [1.807, 2.05) is 68.4 Å². The molecule has 4 rings (SSSR count). The third kappa shape index (κ3) is 7.78. The summed E-state index contributed by atoms with van der Waals surface area (Å²) in [6.07, 6.45) is 0.240. The molecule has 1 atom stereocenters. The van der Waals surface area contributed by atoms with Gasteiger partial charge in [-0.25, -0.2) is 8.42 Å². The molecule has 0 heterocycles. The van der Waals surface area contributed by atoms with Crippen molar-refractivity contribution in [2.45, 2.75) is 37.8 Å². The first-order valence-electron chi connectivity index (χ1n) is 14.2. The zero-order valence-electron chi connectivity index (χ0n) is 24.9. The predicted molar refractivity (Wildman–Crippen MR) is 173 cm³/mol. The first kappa shape index (κ1) is 32.6. The number of likely N-dealkylation sites (N-methyl/N-ethyl adjacent to an activating group) is 1. The largest absolute Gasteiger partial charge is 0.495 e. The summed E-state index contributed by atoms with van der Waals surface area (Å²) in [4.78, 5) is 29.5. The first-order chi connectivity index (χ1) is 21.1. The topological polar surface area (TPSA) is 96.0 Å². The highest BCUT2D eigenvalue weighted by Gasteiger charge is 2.34. The van der Waals surface area contributed by atoms with E-state index in [0.29, 0.717) is 12.3 Å². The molecule has 44 heavy (non-hydrogen) atoms. The minimum Gasteiger partial charge on any atom is -0.495 e. The van der Waals surface area contributed by atoms with Crippen LogP contribution in [0.5, 0.6) is 5.75 Å². The number of halogens is 1. The van der Waals surface area contributed by atoms with Gasteiger partial charge in [0.05, 0.1) is 22.7 Å². The van der Waals surface area contributed by atoms with E-state index in [1.165, 1.54) is 36.3 Å². The molecule has 0 aromatic heterocycles. The van der Waals surface area contributed by atoms with E-state index < -0.39 is 28.5 Å². The number of carbonyl (C=O) groups excluding carboxylic acids is 2. The molecule has 4 aromatic carbocycles. The average Bonchev–Trinajstić information content (AvgIpc) is 3.03. The van der Waals surface area contributed by atoms with E-state index in [9.17, 15) is 18.0 Å². The fraction of sp³-hybridized carbons (Fsp3) is 0.235. The molecule has 0 saturated heterocycles. The van der Waals surface area contributed by atoms with Crippen LogP contribution in [0, 0.1) is 6.92 Å². The van der Waals surface area contributed by atoms with Crippen LogP contribution in [0.25, 0.3) is 0 Å². The minimum atomic E-state index is -4.23. The number of ether oxygens (including phenoxy) is 1. The summed E-state index contributed by atoms with van der Waals surface area (Å²) < 4.78 is 34.4. The predicted octanol–water partition coefficient (Wildman–Crippen LogP) is 5.63. The molecule has 1 N–H and O–H groups in total. The fourth-order valence-corrected chi connectivity index (χ4v) is 6.55. The van der Waals surface area contributed by atoms with Gasteiger partial charge in [-0.3, -0.25) is 13.9 Å². The summed E-state index contributed by atoms with van der Waals surface area (Å²) in [6.45, 7) is 3.64. The third-order valence-corrected chi connectivity index (χ3v) is 9.34. The van der Waals surface area contributed by atoms with Crippen molar-refractivity contribution < 1.29 is 22.7 Å². The molecule has 10 heteroatoms. The lowest BCUT2D eigenvalue weighted by molar-refractivity contribution is -0.140. The molecule has 0 spiro atoms. The van der Waals surface area contributed by atoms with Crippen LogP contribution in [-0.4, -0.2) is 51.4 Å². The molecule has 0 aliphatic carbocycles. The second-order valence-electron chi connectivity index (χ2n) is 10.2. The molecule has 0 aliphatic heterocycles. The minimum absolute atomic E-state index is 0.00903. The van der Waals surface area contributed by atoms with Gasteiger partial charge in [-0.1, -0.05) is 84.4 Å². The van der Waals surface area contributed by atoms with E-state index in [1.54, 1.807) is 24.3 Å². The maximum atomic E-state index is 14.5. The first-order valence-corrected chi connectivity index (χ1v) is 16.0. The highest BCUT2D eigenvalue weighted by molar-refractivity contribution is 7.92. The monoisotopic (exact) mass is 633 g/mol. The van der Waals surface area contributed by atoms with Gasteiger partial charge in [-0.05, 0) is 60.9 Å². The van der Waals surface area contributed by atoms with Crippen molar-refractivity contribution in [2.24, 2.45) is 0 Å². The molecule has 8 nitrogen and oxygen atoms in total. The van der Waals surface area contributed by atoms with Crippen molar-refractivity contribution in [1.82, 2.24) is 10.2 Å². The number of sulfonamides is 1. The lowest BCUT2D eigenvalue weighted by atomic mass is 10.0. The standard InChI is InChI=1S/C34H36ClN3O5S/c1-4-36-34(40)31(21-26-14-7-5-8-15-26)37(23-27-16-12-11-13-25(27)2)33(39)24-38(28-19-20-32(43-3)30(35)22-28)44(41,42)29-17-9-6-10-18-29/h5-20,22,31H,4,21,23-24H2,1-3H3,(H,36,40)/t31-/m0/s1. The quantitative estimate of drug-likeness (QED) is 0.206. The smallest absolute Gasteiger partial charge is 0.264 e. The average molecular weight is 634 g/mol. The van der Waals surface area contributed by atoms with E-state index in [4.69, 9.17) is 16.3 Å². The van der Waals surface area contributed by atoms with Crippen LogP contribution >= 0.6 is 11.6 Å². The number of methoxy groups -OCH3 is 1. The van der Waals surface area contributed by atoms with Crippen LogP contribution in [0.15, 0.2) is 108 Å². The number of rotatable bonds is 13. The van der Waals surface area contributed by atoms with Gasteiger partial charge >= 0.3 is 0 Å². The normalized spacial score (nSPS) is 11.8. The van der Waals surface area contributed by atoms with Gasteiger partial charge in [-0.15, -0.1) is 0 Å². The highest BCUT2D eigenvalue weighted by Crippen LogP contribution is 2.32. The Labute approximate surface area is 264 Å². The number of carbonyl (C=O) groups is 2.